The van der Waals surface area contributed by atoms with Crippen LogP contribution in [-0.4, -0.2) is 48.1 Å². The number of hydrogen-bond donors (Lipinski definition) is 1. The minimum absolute atomic E-state index is 0.122. The number of anilines is 1. The zero-order valence-electron chi connectivity index (χ0n) is 14.3. The van der Waals surface area contributed by atoms with Crippen LogP contribution in [0, 0.1) is 12.8 Å². The molecule has 0 spiro atoms. The maximum atomic E-state index is 12.5. The Kier molecular flexibility index (Phi) is 5.03. The Morgan fingerprint density at radius 3 is 2.87 bits per heavy atom. The highest BCUT2D eigenvalue weighted by molar-refractivity contribution is 5.74. The molecule has 2 aliphatic rings. The van der Waals surface area contributed by atoms with Crippen molar-refractivity contribution in [2.45, 2.75) is 45.6 Å². The molecule has 1 aromatic rings. The lowest BCUT2D eigenvalue weighted by molar-refractivity contribution is 0.195. The van der Waals surface area contributed by atoms with Crippen LogP contribution in [0.1, 0.15) is 38.3 Å². The minimum atomic E-state index is 0.122. The van der Waals surface area contributed by atoms with Gasteiger partial charge in [0.2, 0.25) is 0 Å². The van der Waals surface area contributed by atoms with E-state index >= 15 is 0 Å². The Balaban J connectivity index is 1.56. The summed E-state index contributed by atoms with van der Waals surface area (Å²) in [7, 11) is 0. The normalized spacial score (nSPS) is 20.1. The van der Waals surface area contributed by atoms with Crippen LogP contribution < -0.4 is 10.2 Å². The van der Waals surface area contributed by atoms with Gasteiger partial charge in [0.25, 0.3) is 0 Å². The predicted molar refractivity (Wildman–Crippen MR) is 92.7 cm³/mol. The Hall–Kier alpha value is -1.78. The highest BCUT2D eigenvalue weighted by atomic mass is 16.2. The fourth-order valence-electron chi connectivity index (χ4n) is 3.41. The molecule has 1 atom stereocenters. The van der Waals surface area contributed by atoms with E-state index in [0.29, 0.717) is 12.0 Å². The minimum Gasteiger partial charge on any atom is -0.370 e. The van der Waals surface area contributed by atoms with Crippen molar-refractivity contribution in [2.75, 3.05) is 31.1 Å². The van der Waals surface area contributed by atoms with Crippen LogP contribution in [0.2, 0.25) is 0 Å². The van der Waals surface area contributed by atoms with Crippen molar-refractivity contribution in [3.05, 3.63) is 24.0 Å². The molecule has 2 heterocycles. The molecule has 2 amide bonds. The Morgan fingerprint density at radius 2 is 2.17 bits per heavy atom. The summed E-state index contributed by atoms with van der Waals surface area (Å²) in [5.41, 5.74) is 2.25. The summed E-state index contributed by atoms with van der Waals surface area (Å²) in [4.78, 5) is 21.1. The molecule has 5 heteroatoms. The van der Waals surface area contributed by atoms with Crippen molar-refractivity contribution < 1.29 is 4.79 Å². The molecular weight excluding hydrogens is 288 g/mol. The maximum absolute atomic E-state index is 12.5. The second kappa shape index (κ2) is 7.20. The second-order valence-corrected chi connectivity index (χ2v) is 6.78. The largest absolute Gasteiger partial charge is 0.370 e. The SMILES string of the molecule is CCC(NC(=O)N1CCCN(c2ccnc(C)c2)CC1)C1CC1. The van der Waals surface area contributed by atoms with Crippen molar-refractivity contribution in [3.8, 4) is 0 Å². The van der Waals surface area contributed by atoms with Crippen molar-refractivity contribution in [1.29, 1.82) is 0 Å². The summed E-state index contributed by atoms with van der Waals surface area (Å²) in [6.45, 7) is 7.69. The van der Waals surface area contributed by atoms with Gasteiger partial charge in [0.1, 0.15) is 0 Å². The van der Waals surface area contributed by atoms with E-state index in [2.05, 4.69) is 34.3 Å². The van der Waals surface area contributed by atoms with Gasteiger partial charge in [0.05, 0.1) is 0 Å². The van der Waals surface area contributed by atoms with E-state index in [1.54, 1.807) is 0 Å². The van der Waals surface area contributed by atoms with E-state index in [1.807, 2.05) is 18.0 Å². The fraction of sp³-hybridized carbons (Fsp3) is 0.667. The van der Waals surface area contributed by atoms with E-state index in [-0.39, 0.29) is 6.03 Å². The number of nitrogens with zero attached hydrogens (tertiary/aromatic N) is 3. The number of hydrogen-bond acceptors (Lipinski definition) is 3. The number of nitrogens with one attached hydrogen (secondary N) is 1. The van der Waals surface area contributed by atoms with Gasteiger partial charge < -0.3 is 15.1 Å². The summed E-state index contributed by atoms with van der Waals surface area (Å²) in [5.74, 6) is 0.715. The first kappa shape index (κ1) is 16.1. The van der Waals surface area contributed by atoms with Gasteiger partial charge >= 0.3 is 6.03 Å². The first-order chi connectivity index (χ1) is 11.2. The van der Waals surface area contributed by atoms with Gasteiger partial charge in [0.15, 0.2) is 0 Å². The number of carbonyl (C=O) groups excluding carboxylic acids is 1. The summed E-state index contributed by atoms with van der Waals surface area (Å²) in [6, 6.07) is 4.67. The molecule has 2 fully saturated rings. The zero-order valence-corrected chi connectivity index (χ0v) is 14.3. The zero-order chi connectivity index (χ0) is 16.2. The van der Waals surface area contributed by atoms with Crippen LogP contribution in [0.3, 0.4) is 0 Å². The van der Waals surface area contributed by atoms with Gasteiger partial charge in [-0.1, -0.05) is 6.92 Å². The third-order valence-electron chi connectivity index (χ3n) is 4.97. The molecule has 0 aromatic carbocycles. The lowest BCUT2D eigenvalue weighted by atomic mass is 10.1. The van der Waals surface area contributed by atoms with Crippen LogP contribution in [-0.2, 0) is 0 Å². The first-order valence-electron chi connectivity index (χ1n) is 8.90. The molecule has 126 valence electrons. The average molecular weight is 316 g/mol. The summed E-state index contributed by atoms with van der Waals surface area (Å²) in [6.07, 6.45) is 6.45. The van der Waals surface area contributed by atoms with Crippen LogP contribution in [0.25, 0.3) is 0 Å². The molecule has 5 nitrogen and oxygen atoms in total. The van der Waals surface area contributed by atoms with Crippen molar-refractivity contribution in [1.82, 2.24) is 15.2 Å². The van der Waals surface area contributed by atoms with Crippen molar-refractivity contribution >= 4 is 11.7 Å². The Labute approximate surface area is 139 Å². The number of amides is 2. The number of rotatable bonds is 4. The molecule has 1 saturated carbocycles. The molecule has 0 radical (unpaired) electrons. The molecule has 0 bridgehead atoms. The van der Waals surface area contributed by atoms with Gasteiger partial charge in [-0.25, -0.2) is 4.79 Å². The lowest BCUT2D eigenvalue weighted by Crippen LogP contribution is -2.46. The van der Waals surface area contributed by atoms with E-state index in [4.69, 9.17) is 0 Å². The monoisotopic (exact) mass is 316 g/mol. The third kappa shape index (κ3) is 4.15. The van der Waals surface area contributed by atoms with E-state index in [9.17, 15) is 4.79 Å². The molecule has 1 N–H and O–H groups in total. The van der Waals surface area contributed by atoms with Crippen molar-refractivity contribution in [2.24, 2.45) is 5.92 Å². The molecular formula is C18H28N4O. The van der Waals surface area contributed by atoms with E-state index in [1.165, 1.54) is 18.5 Å². The highest BCUT2D eigenvalue weighted by Crippen LogP contribution is 2.34. The van der Waals surface area contributed by atoms with Gasteiger partial charge in [-0.2, -0.15) is 0 Å². The first-order valence-corrected chi connectivity index (χ1v) is 8.90. The third-order valence-corrected chi connectivity index (χ3v) is 4.97. The predicted octanol–water partition coefficient (Wildman–Crippen LogP) is 2.80. The van der Waals surface area contributed by atoms with Crippen LogP contribution in [0.5, 0.6) is 0 Å². The average Bonchev–Trinajstić information content (AvgIpc) is 3.38. The number of pyridine rings is 1. The number of urea groups is 1. The Bertz CT molecular complexity index is 544. The summed E-state index contributed by atoms with van der Waals surface area (Å²) >= 11 is 0. The topological polar surface area (TPSA) is 48.5 Å². The van der Waals surface area contributed by atoms with E-state index in [0.717, 1.165) is 44.7 Å². The Morgan fingerprint density at radius 1 is 1.35 bits per heavy atom. The van der Waals surface area contributed by atoms with Gasteiger partial charge in [-0.15, -0.1) is 0 Å². The molecule has 3 rings (SSSR count). The van der Waals surface area contributed by atoms with Crippen LogP contribution in [0.15, 0.2) is 18.3 Å². The molecule has 1 unspecified atom stereocenters. The number of aryl methyl sites for hydroxylation is 1. The quantitative estimate of drug-likeness (QED) is 0.929. The second-order valence-electron chi connectivity index (χ2n) is 6.78. The van der Waals surface area contributed by atoms with Crippen molar-refractivity contribution in [3.63, 3.8) is 0 Å². The number of carbonyl (C=O) groups is 1. The molecule has 1 aliphatic carbocycles. The van der Waals surface area contributed by atoms with Crippen LogP contribution >= 0.6 is 0 Å². The molecule has 1 aliphatic heterocycles. The maximum Gasteiger partial charge on any atom is 0.317 e. The van der Waals surface area contributed by atoms with E-state index < -0.39 is 0 Å². The molecule has 1 saturated heterocycles. The lowest BCUT2D eigenvalue weighted by Gasteiger charge is -2.26. The molecule has 23 heavy (non-hydrogen) atoms. The summed E-state index contributed by atoms with van der Waals surface area (Å²) in [5, 5.41) is 3.25. The molecule has 1 aromatic heterocycles. The number of aromatic nitrogens is 1. The van der Waals surface area contributed by atoms with Gasteiger partial charge in [-0.05, 0) is 50.7 Å². The van der Waals surface area contributed by atoms with Gasteiger partial charge in [-0.3, -0.25) is 4.98 Å². The smallest absolute Gasteiger partial charge is 0.317 e. The summed E-state index contributed by atoms with van der Waals surface area (Å²) < 4.78 is 0. The van der Waals surface area contributed by atoms with Crippen LogP contribution in [0.4, 0.5) is 10.5 Å². The van der Waals surface area contributed by atoms with Gasteiger partial charge in [0, 0.05) is 49.8 Å². The fourth-order valence-corrected chi connectivity index (χ4v) is 3.41. The standard InChI is InChI=1S/C18H28N4O/c1-3-17(15-5-6-15)20-18(23)22-10-4-9-21(11-12-22)16-7-8-19-14(2)13-16/h7-8,13,15,17H,3-6,9-12H2,1-2H3,(H,20,23). The highest BCUT2D eigenvalue weighted by Gasteiger charge is 2.32.